The third-order valence-electron chi connectivity index (χ3n) is 0.285. The Kier molecular flexibility index (Phi) is 3.93. The highest BCUT2D eigenvalue weighted by Gasteiger charge is 1.67. The Morgan fingerprint density at radius 2 is 2.60 bits per heavy atom. The van der Waals surface area contributed by atoms with Crippen LogP contribution in [0.2, 0.25) is 0 Å². The Hall–Kier alpha value is -0.0400. The molecule has 0 saturated carbocycles. The molecule has 0 aliphatic heterocycles. The van der Waals surface area contributed by atoms with E-state index in [1.54, 1.807) is 13.7 Å². The maximum Gasteiger partial charge on any atom is 0.0832 e. The molecule has 2 radical (unpaired) electrons. The molecule has 0 rings (SSSR count). The first-order chi connectivity index (χ1) is 2.41. The zero-order valence-corrected chi connectivity index (χ0v) is 3.40. The highest BCUT2D eigenvalue weighted by molar-refractivity contribution is 4.47. The second-order valence-electron chi connectivity index (χ2n) is 0.691. The number of ether oxygens (including phenoxy) is 1. The summed E-state index contributed by atoms with van der Waals surface area (Å²) in [6.07, 6.45) is 0.747. The van der Waals surface area contributed by atoms with Crippen LogP contribution in [-0.2, 0) is 4.74 Å². The average Bonchev–Trinajstić information content (AvgIpc) is 1.41. The van der Waals surface area contributed by atoms with Gasteiger partial charge in [0.05, 0.1) is 6.61 Å². The molecule has 0 aromatic heterocycles. The molecule has 0 atom stereocenters. The van der Waals surface area contributed by atoms with E-state index < -0.39 is 0 Å². The molecular formula is C4H8O. The van der Waals surface area contributed by atoms with Crippen molar-refractivity contribution in [3.63, 3.8) is 0 Å². The second kappa shape index (κ2) is 3.96. The summed E-state index contributed by atoms with van der Waals surface area (Å²) in [5, 5.41) is 0. The largest absolute Gasteiger partial charge is 0.379 e. The van der Waals surface area contributed by atoms with Crippen LogP contribution in [0.25, 0.3) is 0 Å². The standard InChI is InChI=1S/C4H8O/c1-3-4-5-2/h4H,1,3H2,2H3. The molecule has 0 spiro atoms. The van der Waals surface area contributed by atoms with E-state index in [1.807, 2.05) is 0 Å². The molecule has 0 unspecified atom stereocenters. The summed E-state index contributed by atoms with van der Waals surface area (Å²) < 4.78 is 4.50. The number of hydrogen-bond acceptors (Lipinski definition) is 1. The summed E-state index contributed by atoms with van der Waals surface area (Å²) in [6, 6.07) is 0. The van der Waals surface area contributed by atoms with Gasteiger partial charge in [-0.25, -0.2) is 0 Å². The fourth-order valence-corrected chi connectivity index (χ4v) is 0.118. The lowest BCUT2D eigenvalue weighted by Gasteiger charge is -1.82. The van der Waals surface area contributed by atoms with Crippen LogP contribution in [0.15, 0.2) is 0 Å². The van der Waals surface area contributed by atoms with Crippen molar-refractivity contribution in [2.24, 2.45) is 0 Å². The normalized spacial score (nSPS) is 8.40. The Bertz CT molecular complexity index is 11.1. The number of methoxy groups -OCH3 is 1. The summed E-state index contributed by atoms with van der Waals surface area (Å²) in [5.41, 5.74) is 0. The Morgan fingerprint density at radius 3 is 2.60 bits per heavy atom. The molecule has 0 aliphatic carbocycles. The van der Waals surface area contributed by atoms with Crippen LogP contribution in [0.3, 0.4) is 0 Å². The van der Waals surface area contributed by atoms with E-state index in [0.29, 0.717) is 0 Å². The highest BCUT2D eigenvalue weighted by Crippen LogP contribution is 1.78. The molecule has 0 heterocycles. The van der Waals surface area contributed by atoms with Gasteiger partial charge in [0, 0.05) is 7.11 Å². The molecule has 0 N–H and O–H groups in total. The fourth-order valence-electron chi connectivity index (χ4n) is 0.118. The first kappa shape index (κ1) is 4.96. The molecular weight excluding hydrogens is 64.0 g/mol. The molecule has 0 fully saturated rings. The average molecular weight is 72.1 g/mol. The SMILES string of the molecule is [CH2]C[CH]OC. The van der Waals surface area contributed by atoms with Crippen LogP contribution in [0.5, 0.6) is 0 Å². The smallest absolute Gasteiger partial charge is 0.0832 e. The minimum absolute atomic E-state index is 0.747. The van der Waals surface area contributed by atoms with Crippen LogP contribution in [0.4, 0.5) is 0 Å². The van der Waals surface area contributed by atoms with Crippen molar-refractivity contribution in [2.75, 3.05) is 7.11 Å². The molecule has 0 aromatic rings. The number of rotatable bonds is 2. The van der Waals surface area contributed by atoms with Crippen molar-refractivity contribution in [1.82, 2.24) is 0 Å². The van der Waals surface area contributed by atoms with Crippen LogP contribution in [-0.4, -0.2) is 7.11 Å². The van der Waals surface area contributed by atoms with Gasteiger partial charge in [-0.1, -0.05) is 6.92 Å². The third-order valence-corrected chi connectivity index (χ3v) is 0.285. The van der Waals surface area contributed by atoms with E-state index in [2.05, 4.69) is 11.7 Å². The van der Waals surface area contributed by atoms with Crippen LogP contribution in [0, 0.1) is 13.5 Å². The predicted octanol–water partition coefficient (Wildman–Crippen LogP) is 1.02. The van der Waals surface area contributed by atoms with E-state index in [9.17, 15) is 0 Å². The molecule has 1 heteroatoms. The molecule has 0 aromatic carbocycles. The minimum Gasteiger partial charge on any atom is -0.379 e. The van der Waals surface area contributed by atoms with Crippen molar-refractivity contribution in [1.29, 1.82) is 0 Å². The van der Waals surface area contributed by atoms with Crippen LogP contribution >= 0.6 is 0 Å². The van der Waals surface area contributed by atoms with Crippen LogP contribution in [0.1, 0.15) is 6.42 Å². The lowest BCUT2D eigenvalue weighted by atomic mass is 10.5. The van der Waals surface area contributed by atoms with Crippen LogP contribution < -0.4 is 0 Å². The molecule has 5 heavy (non-hydrogen) atoms. The summed E-state index contributed by atoms with van der Waals surface area (Å²) >= 11 is 0. The van der Waals surface area contributed by atoms with Gasteiger partial charge in [-0.15, -0.1) is 0 Å². The molecule has 1 nitrogen and oxygen atoms in total. The zero-order chi connectivity index (χ0) is 4.12. The van der Waals surface area contributed by atoms with Gasteiger partial charge in [0.15, 0.2) is 0 Å². The Balaban J connectivity index is 2.19. The van der Waals surface area contributed by atoms with Crippen molar-refractivity contribution < 1.29 is 4.74 Å². The van der Waals surface area contributed by atoms with Gasteiger partial charge in [0.2, 0.25) is 0 Å². The maximum absolute atomic E-state index is 4.50. The van der Waals surface area contributed by atoms with Crippen molar-refractivity contribution >= 4 is 0 Å². The number of hydrogen-bond donors (Lipinski definition) is 0. The lowest BCUT2D eigenvalue weighted by molar-refractivity contribution is 0.273. The first-order valence-electron chi connectivity index (χ1n) is 1.55. The Morgan fingerprint density at radius 1 is 2.00 bits per heavy atom. The molecule has 0 aliphatic rings. The van der Waals surface area contributed by atoms with E-state index in [0.717, 1.165) is 6.42 Å². The van der Waals surface area contributed by atoms with E-state index >= 15 is 0 Å². The minimum atomic E-state index is 0.747. The van der Waals surface area contributed by atoms with Crippen molar-refractivity contribution in [3.8, 4) is 0 Å². The molecule has 0 amide bonds. The quantitative estimate of drug-likeness (QED) is 0.473. The Labute approximate surface area is 32.9 Å². The topological polar surface area (TPSA) is 9.23 Å². The van der Waals surface area contributed by atoms with Gasteiger partial charge in [0.1, 0.15) is 0 Å². The van der Waals surface area contributed by atoms with E-state index in [-0.39, 0.29) is 0 Å². The summed E-state index contributed by atoms with van der Waals surface area (Å²) in [7, 11) is 1.62. The van der Waals surface area contributed by atoms with Gasteiger partial charge >= 0.3 is 0 Å². The van der Waals surface area contributed by atoms with Gasteiger partial charge in [-0.05, 0) is 6.42 Å². The van der Waals surface area contributed by atoms with E-state index in [1.165, 1.54) is 0 Å². The van der Waals surface area contributed by atoms with Gasteiger partial charge in [0.25, 0.3) is 0 Å². The summed E-state index contributed by atoms with van der Waals surface area (Å²) in [4.78, 5) is 0. The maximum atomic E-state index is 4.50. The molecule has 30 valence electrons. The van der Waals surface area contributed by atoms with Crippen molar-refractivity contribution in [2.45, 2.75) is 6.42 Å². The monoisotopic (exact) mass is 72.1 g/mol. The summed E-state index contributed by atoms with van der Waals surface area (Å²) in [6.45, 7) is 5.13. The van der Waals surface area contributed by atoms with Gasteiger partial charge in [-0.3, -0.25) is 0 Å². The lowest BCUT2D eigenvalue weighted by Crippen LogP contribution is -1.71. The molecule has 0 bridgehead atoms. The predicted molar refractivity (Wildman–Crippen MR) is 21.3 cm³/mol. The summed E-state index contributed by atoms with van der Waals surface area (Å²) in [5.74, 6) is 0. The first-order valence-corrected chi connectivity index (χ1v) is 1.55. The zero-order valence-electron chi connectivity index (χ0n) is 3.40. The third kappa shape index (κ3) is 3.96. The fraction of sp³-hybridized carbons (Fsp3) is 0.500. The van der Waals surface area contributed by atoms with Gasteiger partial charge < -0.3 is 4.74 Å². The van der Waals surface area contributed by atoms with Crippen molar-refractivity contribution in [3.05, 3.63) is 13.5 Å². The highest BCUT2D eigenvalue weighted by atomic mass is 16.5. The molecule has 0 saturated heterocycles. The second-order valence-corrected chi connectivity index (χ2v) is 0.691. The van der Waals surface area contributed by atoms with E-state index in [4.69, 9.17) is 0 Å². The van der Waals surface area contributed by atoms with Gasteiger partial charge in [-0.2, -0.15) is 0 Å².